The first-order valence-corrected chi connectivity index (χ1v) is 6.47. The summed E-state index contributed by atoms with van der Waals surface area (Å²) in [7, 11) is 0. The van der Waals surface area contributed by atoms with Gasteiger partial charge in [-0.1, -0.05) is 0 Å². The number of Topliss-reactive ketones (excluding diaryl/α,β-unsaturated/α-hetero) is 1. The Labute approximate surface area is 104 Å². The Morgan fingerprint density at radius 1 is 1.69 bits per heavy atom. The van der Waals surface area contributed by atoms with Crippen molar-refractivity contribution >= 4 is 21.7 Å². The van der Waals surface area contributed by atoms with Crippen LogP contribution in [-0.4, -0.2) is 28.7 Å². The lowest BCUT2D eigenvalue weighted by Crippen LogP contribution is -2.26. The van der Waals surface area contributed by atoms with Crippen LogP contribution >= 0.6 is 15.9 Å². The number of hydrogen-bond donors (Lipinski definition) is 1. The molecule has 2 rings (SSSR count). The Bertz CT molecular complexity index is 385. The van der Waals surface area contributed by atoms with Crippen molar-refractivity contribution in [3.05, 3.63) is 16.4 Å². The SMILES string of the molecule is CCn1ncc(Br)c1C(=O)CNCC1CC1. The average molecular weight is 286 g/mol. The van der Waals surface area contributed by atoms with Gasteiger partial charge in [0.25, 0.3) is 0 Å². The normalized spacial score (nSPS) is 15.4. The van der Waals surface area contributed by atoms with Crippen molar-refractivity contribution < 1.29 is 4.79 Å². The Kier molecular flexibility index (Phi) is 3.76. The number of rotatable bonds is 6. The Morgan fingerprint density at radius 3 is 3.06 bits per heavy atom. The maximum atomic E-state index is 12.0. The lowest BCUT2D eigenvalue weighted by atomic mass is 10.2. The van der Waals surface area contributed by atoms with E-state index < -0.39 is 0 Å². The molecule has 0 radical (unpaired) electrons. The monoisotopic (exact) mass is 285 g/mol. The molecule has 0 aromatic carbocycles. The molecule has 1 aliphatic carbocycles. The van der Waals surface area contributed by atoms with Gasteiger partial charge < -0.3 is 5.32 Å². The number of carbonyl (C=O) groups excluding carboxylic acids is 1. The molecule has 4 nitrogen and oxygen atoms in total. The highest BCUT2D eigenvalue weighted by Gasteiger charge is 2.21. The molecule has 0 unspecified atom stereocenters. The molecule has 1 aromatic heterocycles. The largest absolute Gasteiger partial charge is 0.309 e. The van der Waals surface area contributed by atoms with E-state index in [0.717, 1.165) is 23.5 Å². The molecule has 1 heterocycles. The maximum Gasteiger partial charge on any atom is 0.195 e. The van der Waals surface area contributed by atoms with Gasteiger partial charge >= 0.3 is 0 Å². The summed E-state index contributed by atoms with van der Waals surface area (Å²) in [4.78, 5) is 12.0. The fourth-order valence-corrected chi connectivity index (χ4v) is 2.19. The van der Waals surface area contributed by atoms with Crippen LogP contribution in [0.25, 0.3) is 0 Å². The van der Waals surface area contributed by atoms with Gasteiger partial charge in [0.05, 0.1) is 17.2 Å². The van der Waals surface area contributed by atoms with E-state index >= 15 is 0 Å². The van der Waals surface area contributed by atoms with Crippen LogP contribution in [0.3, 0.4) is 0 Å². The molecule has 0 saturated heterocycles. The molecule has 0 atom stereocenters. The predicted octanol–water partition coefficient (Wildman–Crippen LogP) is 1.85. The van der Waals surface area contributed by atoms with Gasteiger partial charge in [-0.15, -0.1) is 0 Å². The second-order valence-corrected chi connectivity index (χ2v) is 5.01. The molecule has 0 amide bonds. The fourth-order valence-electron chi connectivity index (χ4n) is 1.67. The van der Waals surface area contributed by atoms with E-state index in [0.29, 0.717) is 12.2 Å². The summed E-state index contributed by atoms with van der Waals surface area (Å²) >= 11 is 3.36. The number of carbonyl (C=O) groups is 1. The molecule has 88 valence electrons. The minimum absolute atomic E-state index is 0.104. The standard InChI is InChI=1S/C11H16BrN3O/c1-2-15-11(9(12)6-14-15)10(16)7-13-5-8-3-4-8/h6,8,13H,2-5,7H2,1H3. The molecule has 1 fully saturated rings. The average Bonchev–Trinajstić information content (AvgIpc) is 3.00. The lowest BCUT2D eigenvalue weighted by Gasteiger charge is -2.05. The topological polar surface area (TPSA) is 46.9 Å². The minimum Gasteiger partial charge on any atom is -0.309 e. The molecule has 1 N–H and O–H groups in total. The summed E-state index contributed by atoms with van der Waals surface area (Å²) in [5.74, 6) is 0.902. The first-order valence-electron chi connectivity index (χ1n) is 5.67. The van der Waals surface area contributed by atoms with Gasteiger partial charge in [-0.2, -0.15) is 5.10 Å². The third kappa shape index (κ3) is 2.71. The van der Waals surface area contributed by atoms with Crippen molar-refractivity contribution in [3.8, 4) is 0 Å². The Balaban J connectivity index is 1.92. The van der Waals surface area contributed by atoms with Crippen LogP contribution in [0.15, 0.2) is 10.7 Å². The molecule has 0 bridgehead atoms. The van der Waals surface area contributed by atoms with Crippen LogP contribution in [-0.2, 0) is 6.54 Å². The lowest BCUT2D eigenvalue weighted by molar-refractivity contribution is 0.0980. The van der Waals surface area contributed by atoms with Gasteiger partial charge in [-0.3, -0.25) is 9.48 Å². The van der Waals surface area contributed by atoms with E-state index in [1.165, 1.54) is 12.8 Å². The fraction of sp³-hybridized carbons (Fsp3) is 0.636. The van der Waals surface area contributed by atoms with Crippen molar-refractivity contribution in [1.82, 2.24) is 15.1 Å². The van der Waals surface area contributed by atoms with Crippen molar-refractivity contribution in [3.63, 3.8) is 0 Å². The van der Waals surface area contributed by atoms with Gasteiger partial charge in [0.1, 0.15) is 5.69 Å². The molecule has 0 aliphatic heterocycles. The van der Waals surface area contributed by atoms with E-state index in [-0.39, 0.29) is 5.78 Å². The maximum absolute atomic E-state index is 12.0. The molecule has 16 heavy (non-hydrogen) atoms. The van der Waals surface area contributed by atoms with E-state index in [1.807, 2.05) is 6.92 Å². The van der Waals surface area contributed by atoms with E-state index in [1.54, 1.807) is 10.9 Å². The second kappa shape index (κ2) is 5.10. The van der Waals surface area contributed by atoms with Crippen molar-refractivity contribution in [2.75, 3.05) is 13.1 Å². The van der Waals surface area contributed by atoms with Crippen LogP contribution in [0, 0.1) is 5.92 Å². The minimum atomic E-state index is 0.104. The van der Waals surface area contributed by atoms with Crippen LogP contribution < -0.4 is 5.32 Å². The van der Waals surface area contributed by atoms with Crippen LogP contribution in [0.5, 0.6) is 0 Å². The molecule has 1 aliphatic rings. The summed E-state index contributed by atoms with van der Waals surface area (Å²) in [6.45, 7) is 4.06. The summed E-state index contributed by atoms with van der Waals surface area (Å²) in [5, 5.41) is 7.33. The highest BCUT2D eigenvalue weighted by atomic mass is 79.9. The van der Waals surface area contributed by atoms with Gasteiger partial charge in [0.15, 0.2) is 5.78 Å². The number of nitrogens with zero attached hydrogens (tertiary/aromatic N) is 2. The van der Waals surface area contributed by atoms with Crippen LogP contribution in [0.4, 0.5) is 0 Å². The first kappa shape index (κ1) is 11.8. The summed E-state index contributed by atoms with van der Waals surface area (Å²) < 4.78 is 2.51. The van der Waals surface area contributed by atoms with E-state index in [2.05, 4.69) is 26.3 Å². The highest BCUT2D eigenvalue weighted by molar-refractivity contribution is 9.10. The number of aromatic nitrogens is 2. The van der Waals surface area contributed by atoms with Crippen LogP contribution in [0.2, 0.25) is 0 Å². The van der Waals surface area contributed by atoms with Crippen molar-refractivity contribution in [1.29, 1.82) is 0 Å². The van der Waals surface area contributed by atoms with E-state index in [4.69, 9.17) is 0 Å². The number of hydrogen-bond acceptors (Lipinski definition) is 3. The number of ketones is 1. The third-order valence-corrected chi connectivity index (χ3v) is 3.35. The highest BCUT2D eigenvalue weighted by Crippen LogP contribution is 2.27. The third-order valence-electron chi connectivity index (χ3n) is 2.77. The molecular weight excluding hydrogens is 270 g/mol. The molecule has 0 spiro atoms. The zero-order valence-corrected chi connectivity index (χ0v) is 11.0. The van der Waals surface area contributed by atoms with Gasteiger partial charge in [0.2, 0.25) is 0 Å². The smallest absolute Gasteiger partial charge is 0.195 e. The summed E-state index contributed by atoms with van der Waals surface area (Å²) in [5.41, 5.74) is 0.672. The molecular formula is C11H16BrN3O. The number of nitrogens with one attached hydrogen (secondary N) is 1. The first-order chi connectivity index (χ1) is 7.72. The molecule has 5 heteroatoms. The van der Waals surface area contributed by atoms with Crippen molar-refractivity contribution in [2.45, 2.75) is 26.3 Å². The quantitative estimate of drug-likeness (QED) is 0.812. The number of aryl methyl sites for hydroxylation is 1. The van der Waals surface area contributed by atoms with Gasteiger partial charge in [0, 0.05) is 6.54 Å². The van der Waals surface area contributed by atoms with Crippen LogP contribution in [0.1, 0.15) is 30.3 Å². The zero-order chi connectivity index (χ0) is 11.5. The van der Waals surface area contributed by atoms with Gasteiger partial charge in [-0.25, -0.2) is 0 Å². The number of halogens is 1. The van der Waals surface area contributed by atoms with Crippen molar-refractivity contribution in [2.24, 2.45) is 5.92 Å². The predicted molar refractivity (Wildman–Crippen MR) is 65.5 cm³/mol. The van der Waals surface area contributed by atoms with Gasteiger partial charge in [-0.05, 0) is 48.2 Å². The Morgan fingerprint density at radius 2 is 2.44 bits per heavy atom. The summed E-state index contributed by atoms with van der Waals surface area (Å²) in [6.07, 6.45) is 4.28. The second-order valence-electron chi connectivity index (χ2n) is 4.15. The zero-order valence-electron chi connectivity index (χ0n) is 9.37. The summed E-state index contributed by atoms with van der Waals surface area (Å²) in [6, 6.07) is 0. The van der Waals surface area contributed by atoms with E-state index in [9.17, 15) is 4.79 Å². The Hall–Kier alpha value is -0.680. The molecule has 1 saturated carbocycles. The molecule has 1 aromatic rings.